The SMILES string of the molecule is CCC(Nc1nc(NC2CCN(S(=O)O)C2)c2ncn(C(C)C)c2n1)C(C)O. The van der Waals surface area contributed by atoms with Crippen molar-refractivity contribution in [2.75, 3.05) is 23.7 Å². The van der Waals surface area contributed by atoms with Crippen LogP contribution in [0.2, 0.25) is 0 Å². The van der Waals surface area contributed by atoms with Crippen LogP contribution in [0.5, 0.6) is 0 Å². The van der Waals surface area contributed by atoms with Crippen molar-refractivity contribution in [2.45, 2.75) is 64.8 Å². The number of aliphatic hydroxyl groups excluding tert-OH is 1. The van der Waals surface area contributed by atoms with Gasteiger partial charge in [0.1, 0.15) is 0 Å². The summed E-state index contributed by atoms with van der Waals surface area (Å²) in [4.78, 5) is 13.7. The zero-order chi connectivity index (χ0) is 20.4. The molecule has 1 aliphatic heterocycles. The molecule has 0 saturated carbocycles. The average molecular weight is 412 g/mol. The van der Waals surface area contributed by atoms with Gasteiger partial charge in [0.15, 0.2) is 17.0 Å². The molecule has 28 heavy (non-hydrogen) atoms. The van der Waals surface area contributed by atoms with Gasteiger partial charge in [-0.25, -0.2) is 9.19 Å². The van der Waals surface area contributed by atoms with Gasteiger partial charge in [0.2, 0.25) is 17.2 Å². The molecule has 4 unspecified atom stereocenters. The Balaban J connectivity index is 1.94. The van der Waals surface area contributed by atoms with E-state index in [0.717, 1.165) is 12.8 Å². The Labute approximate surface area is 167 Å². The molecule has 156 valence electrons. The first-order valence-corrected chi connectivity index (χ1v) is 10.7. The van der Waals surface area contributed by atoms with Gasteiger partial charge in [0, 0.05) is 25.2 Å². The van der Waals surface area contributed by atoms with E-state index in [1.807, 2.05) is 11.5 Å². The van der Waals surface area contributed by atoms with Crippen molar-refractivity contribution < 1.29 is 13.9 Å². The first kappa shape index (κ1) is 20.9. The number of hydrogen-bond donors (Lipinski definition) is 4. The molecule has 3 heterocycles. The van der Waals surface area contributed by atoms with Gasteiger partial charge in [-0.3, -0.25) is 4.55 Å². The third-order valence-corrected chi connectivity index (χ3v) is 5.80. The molecule has 3 rings (SSSR count). The Morgan fingerprint density at radius 1 is 1.36 bits per heavy atom. The molecule has 2 aromatic rings. The largest absolute Gasteiger partial charge is 0.391 e. The smallest absolute Gasteiger partial charge is 0.234 e. The maximum atomic E-state index is 11.3. The number of rotatable bonds is 8. The summed E-state index contributed by atoms with van der Waals surface area (Å²) in [6, 6.07) is 0.00242. The van der Waals surface area contributed by atoms with E-state index >= 15 is 0 Å². The number of hydrogen-bond acceptors (Lipinski definition) is 7. The molecule has 4 atom stereocenters. The highest BCUT2D eigenvalue weighted by atomic mass is 32.2. The van der Waals surface area contributed by atoms with Crippen molar-refractivity contribution in [1.29, 1.82) is 0 Å². The van der Waals surface area contributed by atoms with E-state index in [9.17, 15) is 13.9 Å². The van der Waals surface area contributed by atoms with Gasteiger partial charge in [0.25, 0.3) is 0 Å². The van der Waals surface area contributed by atoms with Crippen LogP contribution >= 0.6 is 0 Å². The summed E-state index contributed by atoms with van der Waals surface area (Å²) in [5.41, 5.74) is 1.36. The first-order chi connectivity index (χ1) is 13.3. The predicted molar refractivity (Wildman–Crippen MR) is 109 cm³/mol. The molecule has 10 nitrogen and oxygen atoms in total. The van der Waals surface area contributed by atoms with Gasteiger partial charge >= 0.3 is 0 Å². The van der Waals surface area contributed by atoms with Crippen LogP contribution in [0.4, 0.5) is 11.8 Å². The normalized spacial score (nSPS) is 21.2. The van der Waals surface area contributed by atoms with E-state index in [1.165, 1.54) is 4.31 Å². The highest BCUT2D eigenvalue weighted by Crippen LogP contribution is 2.26. The van der Waals surface area contributed by atoms with Crippen LogP contribution in [-0.4, -0.2) is 69.0 Å². The minimum atomic E-state index is -1.97. The molecule has 0 radical (unpaired) electrons. The number of aliphatic hydroxyl groups is 1. The number of anilines is 2. The van der Waals surface area contributed by atoms with E-state index in [0.29, 0.717) is 36.0 Å². The second kappa shape index (κ2) is 8.68. The highest BCUT2D eigenvalue weighted by molar-refractivity contribution is 7.76. The topological polar surface area (TPSA) is 128 Å². The van der Waals surface area contributed by atoms with Gasteiger partial charge in [0.05, 0.1) is 18.5 Å². The van der Waals surface area contributed by atoms with E-state index in [1.54, 1.807) is 13.3 Å². The second-order valence-electron chi connectivity index (χ2n) is 7.46. The molecule has 0 spiro atoms. The molecule has 1 fully saturated rings. The molecule has 0 bridgehead atoms. The summed E-state index contributed by atoms with van der Waals surface area (Å²) in [5.74, 6) is 1.01. The lowest BCUT2D eigenvalue weighted by Crippen LogP contribution is -2.32. The van der Waals surface area contributed by atoms with Crippen molar-refractivity contribution in [1.82, 2.24) is 23.8 Å². The molecule has 0 aromatic carbocycles. The molecule has 0 aliphatic carbocycles. The summed E-state index contributed by atoms with van der Waals surface area (Å²) in [6.07, 6.45) is 2.66. The zero-order valence-electron chi connectivity index (χ0n) is 16.7. The summed E-state index contributed by atoms with van der Waals surface area (Å²) in [6.45, 7) is 8.83. The Kier molecular flexibility index (Phi) is 6.48. The Hall–Kier alpha value is -1.82. The summed E-state index contributed by atoms with van der Waals surface area (Å²) in [5, 5.41) is 16.5. The van der Waals surface area contributed by atoms with Gasteiger partial charge in [-0.15, -0.1) is 0 Å². The minimum Gasteiger partial charge on any atom is -0.391 e. The zero-order valence-corrected chi connectivity index (χ0v) is 17.5. The Morgan fingerprint density at radius 3 is 2.68 bits per heavy atom. The predicted octanol–water partition coefficient (Wildman–Crippen LogP) is 1.60. The second-order valence-corrected chi connectivity index (χ2v) is 8.44. The summed E-state index contributed by atoms with van der Waals surface area (Å²) >= 11 is -1.97. The molecular formula is C17H29N7O3S. The molecule has 0 amide bonds. The van der Waals surface area contributed by atoms with Crippen LogP contribution in [0.25, 0.3) is 11.2 Å². The van der Waals surface area contributed by atoms with Crippen LogP contribution in [0.3, 0.4) is 0 Å². The molecule has 4 N–H and O–H groups in total. The number of nitrogens with one attached hydrogen (secondary N) is 2. The third kappa shape index (κ3) is 4.43. The third-order valence-electron chi connectivity index (χ3n) is 5.03. The van der Waals surface area contributed by atoms with E-state index in [-0.39, 0.29) is 18.1 Å². The van der Waals surface area contributed by atoms with Crippen molar-refractivity contribution in [3.8, 4) is 0 Å². The summed E-state index contributed by atoms with van der Waals surface area (Å²) in [7, 11) is 0. The van der Waals surface area contributed by atoms with Gasteiger partial charge in [-0.2, -0.15) is 14.3 Å². The molecular weight excluding hydrogens is 382 g/mol. The average Bonchev–Trinajstić information content (AvgIpc) is 3.26. The maximum Gasteiger partial charge on any atom is 0.234 e. The molecule has 2 aromatic heterocycles. The number of nitrogens with zero attached hydrogens (tertiary/aromatic N) is 5. The maximum absolute atomic E-state index is 11.3. The first-order valence-electron chi connectivity index (χ1n) is 9.61. The lowest BCUT2D eigenvalue weighted by molar-refractivity contribution is 0.169. The van der Waals surface area contributed by atoms with E-state index in [2.05, 4.69) is 39.4 Å². The highest BCUT2D eigenvalue weighted by Gasteiger charge is 2.27. The van der Waals surface area contributed by atoms with Gasteiger partial charge in [-0.05, 0) is 33.6 Å². The number of imidazole rings is 1. The molecule has 11 heteroatoms. The van der Waals surface area contributed by atoms with Crippen molar-refractivity contribution in [3.63, 3.8) is 0 Å². The summed E-state index contributed by atoms with van der Waals surface area (Å²) < 4.78 is 24.1. The van der Waals surface area contributed by atoms with E-state index in [4.69, 9.17) is 0 Å². The van der Waals surface area contributed by atoms with Crippen LogP contribution in [0.15, 0.2) is 6.33 Å². The van der Waals surface area contributed by atoms with Crippen molar-refractivity contribution in [3.05, 3.63) is 6.33 Å². The lowest BCUT2D eigenvalue weighted by atomic mass is 10.1. The standard InChI is InChI=1S/C17H29N7O3S/c1-5-13(11(4)25)20-17-21-15(19-12-6-7-23(8-12)28(26)27)14-16(22-17)24(9-18-14)10(2)3/h9-13,25H,5-8H2,1-4H3,(H,26,27)(H2,19,20,21,22). The fourth-order valence-corrected chi connectivity index (χ4v) is 3.94. The Bertz CT molecular complexity index is 842. The van der Waals surface area contributed by atoms with Crippen molar-refractivity contribution >= 4 is 34.2 Å². The Morgan fingerprint density at radius 2 is 2.11 bits per heavy atom. The number of aromatic nitrogens is 4. The van der Waals surface area contributed by atoms with E-state index < -0.39 is 17.4 Å². The molecule has 1 aliphatic rings. The quantitative estimate of drug-likeness (QED) is 0.482. The van der Waals surface area contributed by atoms with Gasteiger partial charge in [-0.1, -0.05) is 6.92 Å². The van der Waals surface area contributed by atoms with Crippen LogP contribution in [-0.2, 0) is 11.3 Å². The van der Waals surface area contributed by atoms with Crippen molar-refractivity contribution in [2.24, 2.45) is 0 Å². The monoisotopic (exact) mass is 411 g/mol. The van der Waals surface area contributed by atoms with Gasteiger partial charge < -0.3 is 20.3 Å². The van der Waals surface area contributed by atoms with Crippen LogP contribution in [0.1, 0.15) is 46.6 Å². The lowest BCUT2D eigenvalue weighted by Gasteiger charge is -2.21. The molecule has 1 saturated heterocycles. The minimum absolute atomic E-state index is 0.00927. The van der Waals surface area contributed by atoms with Crippen LogP contribution in [0, 0.1) is 0 Å². The number of fused-ring (bicyclic) bond motifs is 1. The fraction of sp³-hybridized carbons (Fsp3) is 0.706. The van der Waals surface area contributed by atoms with Crippen LogP contribution < -0.4 is 10.6 Å². The fourth-order valence-electron chi connectivity index (χ4n) is 3.37.